The van der Waals surface area contributed by atoms with Gasteiger partial charge in [-0.3, -0.25) is 14.6 Å². The molecule has 0 bridgehead atoms. The van der Waals surface area contributed by atoms with Gasteiger partial charge in [-0.25, -0.2) is 9.97 Å². The molecule has 35 heavy (non-hydrogen) atoms. The average Bonchev–Trinajstić information content (AvgIpc) is 3.22. The molecule has 1 unspecified atom stereocenters. The lowest BCUT2D eigenvalue weighted by molar-refractivity contribution is -0.137. The third-order valence-corrected chi connectivity index (χ3v) is 5.38. The fourth-order valence-corrected chi connectivity index (χ4v) is 3.63. The lowest BCUT2D eigenvalue weighted by Crippen LogP contribution is -2.16. The molecule has 0 saturated heterocycles. The number of rotatable bonds is 7. The van der Waals surface area contributed by atoms with Crippen LogP contribution < -0.4 is 5.32 Å². The topological polar surface area (TPSA) is 110 Å². The fraction of sp³-hybridized carbons (Fsp3) is 0.208. The van der Waals surface area contributed by atoms with Crippen LogP contribution in [0.5, 0.6) is 0 Å². The predicted molar refractivity (Wildman–Crippen MR) is 121 cm³/mol. The summed E-state index contributed by atoms with van der Waals surface area (Å²) in [5.41, 5.74) is 0.551. The molecule has 1 amide bonds. The van der Waals surface area contributed by atoms with Crippen LogP contribution in [0.25, 0.3) is 11.0 Å². The summed E-state index contributed by atoms with van der Waals surface area (Å²) in [5, 5.41) is 12.6. The van der Waals surface area contributed by atoms with Crippen molar-refractivity contribution in [2.24, 2.45) is 0 Å². The molecule has 180 valence electrons. The van der Waals surface area contributed by atoms with Crippen LogP contribution >= 0.6 is 0 Å². The van der Waals surface area contributed by atoms with Gasteiger partial charge in [-0.15, -0.1) is 0 Å². The Morgan fingerprint density at radius 2 is 1.94 bits per heavy atom. The Labute approximate surface area is 197 Å². The van der Waals surface area contributed by atoms with E-state index < -0.39 is 23.4 Å². The number of alkyl halides is 3. The molecule has 0 aliphatic heterocycles. The fourth-order valence-electron chi connectivity index (χ4n) is 3.63. The SMILES string of the molecule is CC(CO)n1cc(C(=O)c2cncc(NC(=O)Cc3cccc(C(F)(F)F)c3)c2)c2cncnc21. The Balaban J connectivity index is 1.55. The van der Waals surface area contributed by atoms with Crippen molar-refractivity contribution in [2.75, 3.05) is 11.9 Å². The van der Waals surface area contributed by atoms with E-state index >= 15 is 0 Å². The molecule has 0 aliphatic rings. The number of pyridine rings is 1. The molecule has 4 rings (SSSR count). The number of anilines is 1. The minimum absolute atomic E-state index is 0.156. The van der Waals surface area contributed by atoms with Crippen molar-refractivity contribution >= 4 is 28.4 Å². The molecule has 0 aliphatic carbocycles. The first kappa shape index (κ1) is 24.0. The maximum absolute atomic E-state index is 13.3. The van der Waals surface area contributed by atoms with Gasteiger partial charge in [0.15, 0.2) is 5.78 Å². The molecule has 8 nitrogen and oxygen atoms in total. The highest BCUT2D eigenvalue weighted by atomic mass is 19.4. The molecular weight excluding hydrogens is 463 g/mol. The predicted octanol–water partition coefficient (Wildman–Crippen LogP) is 3.81. The van der Waals surface area contributed by atoms with E-state index in [1.54, 1.807) is 17.7 Å². The van der Waals surface area contributed by atoms with Gasteiger partial charge < -0.3 is 15.0 Å². The van der Waals surface area contributed by atoms with Crippen LogP contribution in [-0.4, -0.2) is 42.9 Å². The molecule has 4 aromatic rings. The average molecular weight is 483 g/mol. The Morgan fingerprint density at radius 3 is 2.69 bits per heavy atom. The lowest BCUT2D eigenvalue weighted by atomic mass is 10.1. The van der Waals surface area contributed by atoms with Crippen LogP contribution in [0.3, 0.4) is 0 Å². The van der Waals surface area contributed by atoms with Gasteiger partial charge in [0.05, 0.1) is 42.1 Å². The zero-order chi connectivity index (χ0) is 25.2. The van der Waals surface area contributed by atoms with Gasteiger partial charge in [-0.05, 0) is 24.6 Å². The van der Waals surface area contributed by atoms with E-state index in [0.29, 0.717) is 16.6 Å². The summed E-state index contributed by atoms with van der Waals surface area (Å²) in [7, 11) is 0. The number of hydrogen-bond acceptors (Lipinski definition) is 6. The van der Waals surface area contributed by atoms with Crippen molar-refractivity contribution in [3.63, 3.8) is 0 Å². The van der Waals surface area contributed by atoms with Crippen LogP contribution in [-0.2, 0) is 17.4 Å². The van der Waals surface area contributed by atoms with Crippen LogP contribution in [0.1, 0.15) is 40.0 Å². The van der Waals surface area contributed by atoms with Crippen molar-refractivity contribution in [1.29, 1.82) is 0 Å². The summed E-state index contributed by atoms with van der Waals surface area (Å²) in [4.78, 5) is 37.9. The number of fused-ring (bicyclic) bond motifs is 1. The number of aliphatic hydroxyl groups excluding tert-OH is 1. The summed E-state index contributed by atoms with van der Waals surface area (Å²) in [5.74, 6) is -0.951. The smallest absolute Gasteiger partial charge is 0.394 e. The molecule has 1 aromatic carbocycles. The Morgan fingerprint density at radius 1 is 1.14 bits per heavy atom. The summed E-state index contributed by atoms with van der Waals surface area (Å²) in [6.45, 7) is 1.62. The quantitative estimate of drug-likeness (QED) is 0.387. The molecule has 11 heteroatoms. The van der Waals surface area contributed by atoms with Gasteiger partial charge in [-0.2, -0.15) is 13.2 Å². The second-order valence-corrected chi connectivity index (χ2v) is 7.96. The van der Waals surface area contributed by atoms with Crippen molar-refractivity contribution in [1.82, 2.24) is 19.5 Å². The summed E-state index contributed by atoms with van der Waals surface area (Å²) in [6, 6.07) is 5.63. The lowest BCUT2D eigenvalue weighted by Gasteiger charge is -2.10. The summed E-state index contributed by atoms with van der Waals surface area (Å²) in [6.07, 6.45) is 2.32. The molecule has 1 atom stereocenters. The van der Waals surface area contributed by atoms with Crippen LogP contribution in [0.4, 0.5) is 18.9 Å². The number of aromatic nitrogens is 4. The van der Waals surface area contributed by atoms with Gasteiger partial charge in [0.2, 0.25) is 5.91 Å². The van der Waals surface area contributed by atoms with E-state index in [1.165, 1.54) is 43.1 Å². The van der Waals surface area contributed by atoms with Gasteiger partial charge in [-0.1, -0.05) is 18.2 Å². The number of nitrogens with one attached hydrogen (secondary N) is 1. The first-order valence-corrected chi connectivity index (χ1v) is 10.5. The van der Waals surface area contributed by atoms with E-state index in [2.05, 4.69) is 20.3 Å². The highest BCUT2D eigenvalue weighted by Crippen LogP contribution is 2.30. The Bertz CT molecular complexity index is 1400. The van der Waals surface area contributed by atoms with Crippen molar-refractivity contribution in [3.8, 4) is 0 Å². The summed E-state index contributed by atoms with van der Waals surface area (Å²) < 4.78 is 40.4. The number of benzene rings is 1. The van der Waals surface area contributed by atoms with E-state index in [1.807, 2.05) is 0 Å². The third kappa shape index (κ3) is 5.19. The number of amides is 1. The maximum atomic E-state index is 13.3. The highest BCUT2D eigenvalue weighted by molar-refractivity contribution is 6.16. The van der Waals surface area contributed by atoms with Crippen LogP contribution in [0.15, 0.2) is 61.4 Å². The number of ketones is 1. The molecule has 2 N–H and O–H groups in total. The Kier molecular flexibility index (Phi) is 6.61. The van der Waals surface area contributed by atoms with E-state index in [4.69, 9.17) is 0 Å². The van der Waals surface area contributed by atoms with Crippen molar-refractivity contribution in [2.45, 2.75) is 25.6 Å². The zero-order valence-electron chi connectivity index (χ0n) is 18.5. The second kappa shape index (κ2) is 9.63. The molecule has 0 spiro atoms. The highest BCUT2D eigenvalue weighted by Gasteiger charge is 2.30. The third-order valence-electron chi connectivity index (χ3n) is 5.38. The second-order valence-electron chi connectivity index (χ2n) is 7.96. The van der Waals surface area contributed by atoms with Gasteiger partial charge in [0.25, 0.3) is 0 Å². The molecular formula is C24H20F3N5O3. The minimum atomic E-state index is -4.51. The largest absolute Gasteiger partial charge is 0.416 e. The van der Waals surface area contributed by atoms with Gasteiger partial charge in [0, 0.05) is 29.5 Å². The van der Waals surface area contributed by atoms with Gasteiger partial charge in [0.1, 0.15) is 12.0 Å². The number of carbonyl (C=O) groups is 2. The van der Waals surface area contributed by atoms with Crippen LogP contribution in [0.2, 0.25) is 0 Å². The number of halogens is 3. The van der Waals surface area contributed by atoms with Crippen LogP contribution in [0, 0.1) is 0 Å². The van der Waals surface area contributed by atoms with Crippen molar-refractivity contribution in [3.05, 3.63) is 83.7 Å². The maximum Gasteiger partial charge on any atom is 0.416 e. The van der Waals surface area contributed by atoms with E-state index in [-0.39, 0.29) is 35.9 Å². The first-order chi connectivity index (χ1) is 16.7. The van der Waals surface area contributed by atoms with Gasteiger partial charge >= 0.3 is 6.18 Å². The van der Waals surface area contributed by atoms with E-state index in [9.17, 15) is 27.9 Å². The standard InChI is InChI=1S/C24H20F3N5O3/c1-14(12-33)32-11-20(19-10-29-13-30-23(19)32)22(35)16-7-18(9-28-8-16)31-21(34)6-15-3-2-4-17(5-15)24(25,26)27/h2-5,7-11,13-14,33H,6,12H2,1H3,(H,31,34). The molecule has 0 saturated carbocycles. The molecule has 0 fully saturated rings. The first-order valence-electron chi connectivity index (χ1n) is 10.5. The Hall–Kier alpha value is -4.12. The van der Waals surface area contributed by atoms with Crippen molar-refractivity contribution < 1.29 is 27.9 Å². The van der Waals surface area contributed by atoms with E-state index in [0.717, 1.165) is 12.1 Å². The number of hydrogen-bond donors (Lipinski definition) is 2. The number of nitrogens with zero attached hydrogens (tertiary/aromatic N) is 4. The number of carbonyl (C=O) groups excluding carboxylic acids is 2. The minimum Gasteiger partial charge on any atom is -0.394 e. The summed E-state index contributed by atoms with van der Waals surface area (Å²) >= 11 is 0. The monoisotopic (exact) mass is 483 g/mol. The molecule has 3 heterocycles. The normalized spacial score (nSPS) is 12.5. The number of aliphatic hydroxyl groups is 1. The molecule has 0 radical (unpaired) electrons. The molecule has 3 aromatic heterocycles. The zero-order valence-corrected chi connectivity index (χ0v) is 18.5.